The van der Waals surface area contributed by atoms with E-state index in [2.05, 4.69) is 127 Å². The Labute approximate surface area is 313 Å². The van der Waals surface area contributed by atoms with E-state index < -0.39 is 16.1 Å². The molecule has 0 unspecified atom stereocenters. The van der Waals surface area contributed by atoms with Gasteiger partial charge in [0.2, 0.25) is 0 Å². The number of benzene rings is 5. The van der Waals surface area contributed by atoms with Gasteiger partial charge in [0, 0.05) is 11.1 Å². The largest absolute Gasteiger partial charge is 0.372 e. The van der Waals surface area contributed by atoms with Crippen molar-refractivity contribution in [2.45, 2.75) is 141 Å². The van der Waals surface area contributed by atoms with Crippen LogP contribution >= 0.6 is 0 Å². The third-order valence-electron chi connectivity index (χ3n) is 13.8. The average molecular weight is 719 g/mol. The first-order chi connectivity index (χ1) is 25.0. The number of rotatable bonds is 6. The van der Waals surface area contributed by atoms with Crippen molar-refractivity contribution in [2.24, 2.45) is 0 Å². The lowest BCUT2D eigenvalue weighted by Crippen LogP contribution is -2.40. The van der Waals surface area contributed by atoms with E-state index in [1.165, 1.54) is 102 Å². The van der Waals surface area contributed by atoms with E-state index in [9.17, 15) is 0 Å². The Kier molecular flexibility index (Phi) is 8.33. The smallest absolute Gasteiger partial charge is 0.147 e. The first-order valence-electron chi connectivity index (χ1n) is 20.2. The van der Waals surface area contributed by atoms with Crippen LogP contribution in [0.2, 0.25) is 33.2 Å². The van der Waals surface area contributed by atoms with Gasteiger partial charge in [-0.1, -0.05) is 92.9 Å². The molecule has 2 fully saturated rings. The van der Waals surface area contributed by atoms with Crippen LogP contribution in [0.3, 0.4) is 0 Å². The molecule has 5 aromatic carbocycles. The molecule has 2 nitrogen and oxygen atoms in total. The molecule has 2 aliphatic heterocycles. The van der Waals surface area contributed by atoms with Gasteiger partial charge >= 0.3 is 0 Å². The first kappa shape index (κ1) is 34.4. The molecule has 0 N–H and O–H groups in total. The van der Waals surface area contributed by atoms with Crippen molar-refractivity contribution in [3.63, 3.8) is 0 Å². The summed E-state index contributed by atoms with van der Waals surface area (Å²) in [6.45, 7) is 22.4. The van der Waals surface area contributed by atoms with Gasteiger partial charge in [0.15, 0.2) is 0 Å². The molecule has 2 heterocycles. The van der Waals surface area contributed by atoms with Gasteiger partial charge in [-0.05, 0) is 147 Å². The summed E-state index contributed by atoms with van der Waals surface area (Å²) in [5, 5.41) is 10.2. The summed E-state index contributed by atoms with van der Waals surface area (Å²) >= 11 is 0. The molecule has 4 heteroatoms. The Morgan fingerprint density at radius 1 is 0.442 bits per heavy atom. The number of hydrogen-bond donors (Lipinski definition) is 0. The molecule has 4 aliphatic rings. The van der Waals surface area contributed by atoms with E-state index in [0.717, 1.165) is 11.1 Å². The number of hydrogen-bond acceptors (Lipinski definition) is 2. The number of fused-ring (bicyclic) bond motifs is 6. The molecule has 52 heavy (non-hydrogen) atoms. The molecular weight excluding hydrogens is 665 g/mol. The van der Waals surface area contributed by atoms with Crippen molar-refractivity contribution in [1.82, 2.24) is 0 Å². The summed E-state index contributed by atoms with van der Waals surface area (Å²) in [6.07, 6.45) is 5.39. The van der Waals surface area contributed by atoms with Crippen LogP contribution in [0.1, 0.15) is 114 Å². The van der Waals surface area contributed by atoms with E-state index in [1.807, 2.05) is 0 Å². The molecule has 0 amide bonds. The minimum absolute atomic E-state index is 0.620. The van der Waals surface area contributed by atoms with Crippen LogP contribution in [0.15, 0.2) is 48.5 Å². The predicted molar refractivity (Wildman–Crippen MR) is 225 cm³/mol. The van der Waals surface area contributed by atoms with Gasteiger partial charge in [0.25, 0.3) is 0 Å². The zero-order valence-corrected chi connectivity index (χ0v) is 34.6. The summed E-state index contributed by atoms with van der Waals surface area (Å²) in [7, 11) is -3.82. The van der Waals surface area contributed by atoms with E-state index in [-0.39, 0.29) is 0 Å². The molecule has 0 bridgehead atoms. The van der Waals surface area contributed by atoms with E-state index >= 15 is 0 Å². The van der Waals surface area contributed by atoms with E-state index in [4.69, 9.17) is 9.47 Å². The van der Waals surface area contributed by atoms with Crippen LogP contribution in [-0.4, -0.2) is 16.1 Å². The lowest BCUT2D eigenvalue weighted by molar-refractivity contribution is 0.134. The van der Waals surface area contributed by atoms with E-state index in [0.29, 0.717) is 48.6 Å². The topological polar surface area (TPSA) is 18.5 Å². The Balaban J connectivity index is 1.42. The van der Waals surface area contributed by atoms with E-state index in [1.54, 1.807) is 0 Å². The fourth-order valence-electron chi connectivity index (χ4n) is 10.8. The molecule has 0 saturated heterocycles. The Hall–Kier alpha value is -3.39. The summed E-state index contributed by atoms with van der Waals surface area (Å²) in [6, 6.07) is 19.3. The molecule has 5 aromatic rings. The lowest BCUT2D eigenvalue weighted by Gasteiger charge is -2.34. The number of ether oxygens (including phenoxy) is 2. The van der Waals surface area contributed by atoms with Crippen LogP contribution in [0.4, 0.5) is 0 Å². The van der Waals surface area contributed by atoms with Crippen molar-refractivity contribution in [2.75, 3.05) is 0 Å². The maximum atomic E-state index is 5.93. The summed E-state index contributed by atoms with van der Waals surface area (Å²) in [4.78, 5) is 0. The van der Waals surface area contributed by atoms with Gasteiger partial charge in [-0.2, -0.15) is 0 Å². The third-order valence-corrected chi connectivity index (χ3v) is 26.4. The molecular formula is C48H54O2Si2. The zero-order valence-electron chi connectivity index (χ0n) is 32.6. The second-order valence-electron chi connectivity index (χ2n) is 18.0. The molecule has 0 spiro atoms. The highest BCUT2D eigenvalue weighted by Gasteiger charge is 2.52. The lowest BCUT2D eigenvalue weighted by atomic mass is 9.88. The minimum Gasteiger partial charge on any atom is -0.372 e. The SMILES string of the molecule is CC(C)[Si](C#Cc1c2cc3cc4c(cc3cc2c(C#C[Si](C(C)C)(C(C)C)C2CC2)c2cc3cc5c(cc3cc12)COC5)COC4)(C(C)C)C1CC1. The average Bonchev–Trinajstić information content (AvgIpc) is 4.04. The highest BCUT2D eigenvalue weighted by molar-refractivity contribution is 6.92. The fourth-order valence-corrected chi connectivity index (χ4v) is 21.7. The Bertz CT molecular complexity index is 2110. The van der Waals surface area contributed by atoms with Crippen LogP contribution in [0, 0.1) is 22.9 Å². The standard InChI is InChI=1S/C48H54O2Si2/c1-29(2)51(30(3)4,41-9-10-41)15-13-43-45-21-33-17-37-25-49-27-39(37)19-35(33)23-47(45)44(14-16-52(31(5)6,32(7)8)42-11-12-42)48-24-36-20-40-28-50-26-38(40)18-34(36)22-46(43)48/h17-24,29-32,41-42H,9-12,25-28H2,1-8H3. The Morgan fingerprint density at radius 3 is 0.942 bits per heavy atom. The third kappa shape index (κ3) is 5.35. The summed E-state index contributed by atoms with van der Waals surface area (Å²) < 4.78 is 11.9. The fraction of sp³-hybridized carbons (Fsp3) is 0.458. The van der Waals surface area contributed by atoms with Crippen molar-refractivity contribution in [1.29, 1.82) is 0 Å². The monoisotopic (exact) mass is 718 g/mol. The van der Waals surface area contributed by atoms with Crippen LogP contribution < -0.4 is 0 Å². The highest BCUT2D eigenvalue weighted by atomic mass is 28.3. The maximum Gasteiger partial charge on any atom is 0.147 e. The summed E-state index contributed by atoms with van der Waals surface area (Å²) in [5.41, 5.74) is 20.2. The molecule has 0 radical (unpaired) electrons. The maximum absolute atomic E-state index is 5.93. The minimum atomic E-state index is -1.91. The van der Waals surface area contributed by atoms with Gasteiger partial charge in [0.05, 0.1) is 26.4 Å². The van der Waals surface area contributed by atoms with Gasteiger partial charge in [-0.25, -0.2) is 0 Å². The zero-order chi connectivity index (χ0) is 36.1. The first-order valence-corrected chi connectivity index (χ1v) is 24.6. The molecule has 0 aromatic heterocycles. The van der Waals surface area contributed by atoms with Crippen molar-refractivity contribution in [3.8, 4) is 22.9 Å². The molecule has 266 valence electrons. The van der Waals surface area contributed by atoms with Crippen LogP contribution in [0.25, 0.3) is 43.1 Å². The Morgan fingerprint density at radius 2 is 0.712 bits per heavy atom. The second-order valence-corrected chi connectivity index (χ2v) is 28.5. The quantitative estimate of drug-likeness (QED) is 0.0988. The van der Waals surface area contributed by atoms with Crippen molar-refractivity contribution in [3.05, 3.63) is 81.9 Å². The van der Waals surface area contributed by atoms with Crippen LogP contribution in [-0.2, 0) is 35.9 Å². The van der Waals surface area contributed by atoms with Crippen molar-refractivity contribution >= 4 is 59.2 Å². The molecule has 9 rings (SSSR count). The highest BCUT2D eigenvalue weighted by Crippen LogP contribution is 2.56. The molecule has 2 saturated carbocycles. The molecule has 0 atom stereocenters. The van der Waals surface area contributed by atoms with Gasteiger partial charge in [0.1, 0.15) is 16.1 Å². The van der Waals surface area contributed by atoms with Gasteiger partial charge in [-0.3, -0.25) is 0 Å². The van der Waals surface area contributed by atoms with Crippen molar-refractivity contribution < 1.29 is 9.47 Å². The van der Waals surface area contributed by atoms with Crippen LogP contribution in [0.5, 0.6) is 0 Å². The molecule has 2 aliphatic carbocycles. The predicted octanol–water partition coefficient (Wildman–Crippen LogP) is 13.0. The summed E-state index contributed by atoms with van der Waals surface area (Å²) in [5.74, 6) is 8.15. The van der Waals surface area contributed by atoms with Gasteiger partial charge < -0.3 is 9.47 Å². The normalized spacial score (nSPS) is 17.5. The van der Waals surface area contributed by atoms with Gasteiger partial charge in [-0.15, -0.1) is 11.1 Å². The second kappa shape index (κ2) is 12.6.